The number of aromatic nitrogens is 3. The summed E-state index contributed by atoms with van der Waals surface area (Å²) in [6.07, 6.45) is 4.64. The van der Waals surface area contributed by atoms with Crippen molar-refractivity contribution in [2.75, 3.05) is 13.1 Å². The highest BCUT2D eigenvalue weighted by Crippen LogP contribution is 2.21. The molecule has 1 saturated heterocycles. The summed E-state index contributed by atoms with van der Waals surface area (Å²) in [5, 5.41) is 15.0. The van der Waals surface area contributed by atoms with Gasteiger partial charge in [0.2, 0.25) is 5.91 Å². The van der Waals surface area contributed by atoms with E-state index >= 15 is 0 Å². The molecule has 2 unspecified atom stereocenters. The third-order valence-electron chi connectivity index (χ3n) is 4.54. The molecule has 0 aliphatic carbocycles. The summed E-state index contributed by atoms with van der Waals surface area (Å²) in [6.45, 7) is 6.30. The zero-order chi connectivity index (χ0) is 16.2. The van der Waals surface area contributed by atoms with Crippen LogP contribution in [0.2, 0.25) is 0 Å². The minimum Gasteiger partial charge on any atom is -0.346 e. The van der Waals surface area contributed by atoms with E-state index in [2.05, 4.69) is 34.7 Å². The maximum absolute atomic E-state index is 12.4. The number of rotatable bonds is 6. The first-order valence-electron chi connectivity index (χ1n) is 8.45. The lowest BCUT2D eigenvalue weighted by molar-refractivity contribution is -0.122. The number of hydrogen-bond donors (Lipinski definition) is 2. The van der Waals surface area contributed by atoms with Crippen LogP contribution in [0.25, 0.3) is 5.65 Å². The second-order valence-corrected chi connectivity index (χ2v) is 6.67. The van der Waals surface area contributed by atoms with Crippen molar-refractivity contribution < 1.29 is 4.79 Å². The number of nitrogens with zero attached hydrogens (tertiary/aromatic N) is 3. The number of carbonyl (C=O) groups is 1. The van der Waals surface area contributed by atoms with E-state index in [1.54, 1.807) is 0 Å². The Morgan fingerprint density at radius 2 is 2.30 bits per heavy atom. The molecule has 1 aliphatic rings. The third kappa shape index (κ3) is 3.69. The van der Waals surface area contributed by atoms with E-state index in [1.165, 1.54) is 6.42 Å². The lowest BCUT2D eigenvalue weighted by Crippen LogP contribution is -2.33. The van der Waals surface area contributed by atoms with Crippen molar-refractivity contribution in [3.05, 3.63) is 30.2 Å². The van der Waals surface area contributed by atoms with E-state index in [-0.39, 0.29) is 17.9 Å². The second kappa shape index (κ2) is 7.08. The van der Waals surface area contributed by atoms with Crippen LogP contribution in [0.3, 0.4) is 0 Å². The molecule has 2 N–H and O–H groups in total. The van der Waals surface area contributed by atoms with Crippen molar-refractivity contribution in [1.29, 1.82) is 0 Å². The third-order valence-corrected chi connectivity index (χ3v) is 4.54. The molecule has 0 radical (unpaired) electrons. The van der Waals surface area contributed by atoms with E-state index in [9.17, 15) is 4.79 Å². The summed E-state index contributed by atoms with van der Waals surface area (Å²) >= 11 is 0. The van der Waals surface area contributed by atoms with Crippen molar-refractivity contribution in [3.8, 4) is 0 Å². The van der Waals surface area contributed by atoms with E-state index in [0.29, 0.717) is 12.3 Å². The first kappa shape index (κ1) is 15.9. The number of carbonyl (C=O) groups excluding carboxylic acids is 1. The molecule has 6 nitrogen and oxygen atoms in total. The Balaban J connectivity index is 1.67. The molecular weight excluding hydrogens is 290 g/mol. The summed E-state index contributed by atoms with van der Waals surface area (Å²) in [5.74, 6) is 1.78. The average molecular weight is 315 g/mol. The molecule has 3 rings (SSSR count). The maximum Gasteiger partial charge on any atom is 0.220 e. The van der Waals surface area contributed by atoms with Crippen molar-refractivity contribution >= 4 is 11.6 Å². The first-order chi connectivity index (χ1) is 11.1. The van der Waals surface area contributed by atoms with Gasteiger partial charge >= 0.3 is 0 Å². The number of pyridine rings is 1. The van der Waals surface area contributed by atoms with Gasteiger partial charge in [0.25, 0.3) is 0 Å². The summed E-state index contributed by atoms with van der Waals surface area (Å²) in [6, 6.07) is 5.68. The van der Waals surface area contributed by atoms with E-state index in [1.807, 2.05) is 28.8 Å². The lowest BCUT2D eigenvalue weighted by Gasteiger charge is -2.21. The Morgan fingerprint density at radius 1 is 1.43 bits per heavy atom. The zero-order valence-corrected chi connectivity index (χ0v) is 13.8. The fraction of sp³-hybridized carbons (Fsp3) is 0.588. The highest BCUT2D eigenvalue weighted by atomic mass is 16.1. The van der Waals surface area contributed by atoms with Gasteiger partial charge in [0.1, 0.15) is 0 Å². The summed E-state index contributed by atoms with van der Waals surface area (Å²) in [5.41, 5.74) is 0.805. The molecule has 3 heterocycles. The fourth-order valence-electron chi connectivity index (χ4n) is 3.14. The van der Waals surface area contributed by atoms with Crippen molar-refractivity contribution in [2.45, 2.75) is 39.2 Å². The molecule has 0 saturated carbocycles. The molecule has 124 valence electrons. The Morgan fingerprint density at radius 3 is 3.04 bits per heavy atom. The number of fused-ring (bicyclic) bond motifs is 1. The van der Waals surface area contributed by atoms with Gasteiger partial charge in [-0.1, -0.05) is 19.9 Å². The molecule has 23 heavy (non-hydrogen) atoms. The van der Waals surface area contributed by atoms with Gasteiger partial charge in [-0.2, -0.15) is 0 Å². The average Bonchev–Trinajstić information content (AvgIpc) is 3.20. The predicted octanol–water partition coefficient (Wildman–Crippen LogP) is 1.93. The number of amides is 1. The van der Waals surface area contributed by atoms with Crippen LogP contribution in [0.1, 0.15) is 45.0 Å². The highest BCUT2D eigenvalue weighted by molar-refractivity contribution is 5.76. The Hall–Kier alpha value is -1.95. The molecule has 0 spiro atoms. The van der Waals surface area contributed by atoms with Crippen LogP contribution in [0.4, 0.5) is 0 Å². The molecule has 6 heteroatoms. The topological polar surface area (TPSA) is 71.3 Å². The highest BCUT2D eigenvalue weighted by Gasteiger charge is 2.24. The molecule has 2 atom stereocenters. The predicted molar refractivity (Wildman–Crippen MR) is 88.9 cm³/mol. The van der Waals surface area contributed by atoms with Crippen LogP contribution in [-0.4, -0.2) is 33.6 Å². The maximum atomic E-state index is 12.4. The van der Waals surface area contributed by atoms with E-state index < -0.39 is 0 Å². The van der Waals surface area contributed by atoms with Crippen LogP contribution < -0.4 is 10.6 Å². The van der Waals surface area contributed by atoms with Gasteiger partial charge in [0.15, 0.2) is 11.5 Å². The van der Waals surface area contributed by atoms with Crippen molar-refractivity contribution in [3.63, 3.8) is 0 Å². The number of hydrogen-bond acceptors (Lipinski definition) is 4. The monoisotopic (exact) mass is 315 g/mol. The molecule has 1 fully saturated rings. The minimum absolute atomic E-state index is 0.100. The van der Waals surface area contributed by atoms with Gasteiger partial charge in [-0.25, -0.2) is 0 Å². The van der Waals surface area contributed by atoms with Gasteiger partial charge in [-0.3, -0.25) is 9.20 Å². The van der Waals surface area contributed by atoms with Gasteiger partial charge < -0.3 is 10.6 Å². The molecule has 2 aromatic rings. The summed E-state index contributed by atoms with van der Waals surface area (Å²) in [4.78, 5) is 12.4. The molecule has 1 amide bonds. The largest absolute Gasteiger partial charge is 0.346 e. The first-order valence-corrected chi connectivity index (χ1v) is 8.45. The van der Waals surface area contributed by atoms with Crippen LogP contribution in [0.15, 0.2) is 24.4 Å². The molecular formula is C17H25N5O. The molecule has 0 aromatic carbocycles. The van der Waals surface area contributed by atoms with Gasteiger partial charge in [0.05, 0.1) is 6.04 Å². The standard InChI is InChI=1S/C17H25N5O/c1-12(2)16(17-21-20-14-5-3-4-10-22(14)17)19-15(23)7-6-13-8-9-18-11-13/h3-5,10,12-13,16,18H,6-9,11H2,1-2H3,(H,19,23). The van der Waals surface area contributed by atoms with Gasteiger partial charge in [-0.15, -0.1) is 10.2 Å². The lowest BCUT2D eigenvalue weighted by atomic mass is 10.0. The normalized spacial score (nSPS) is 19.3. The fourth-order valence-corrected chi connectivity index (χ4v) is 3.14. The smallest absolute Gasteiger partial charge is 0.220 e. The SMILES string of the molecule is CC(C)C(NC(=O)CCC1CCNC1)c1nnc2ccccn12. The van der Waals surface area contributed by atoms with Gasteiger partial charge in [0, 0.05) is 12.6 Å². The minimum atomic E-state index is -0.124. The molecule has 0 bridgehead atoms. The van der Waals surface area contributed by atoms with E-state index in [4.69, 9.17) is 0 Å². The van der Waals surface area contributed by atoms with E-state index in [0.717, 1.165) is 31.0 Å². The summed E-state index contributed by atoms with van der Waals surface area (Å²) in [7, 11) is 0. The number of nitrogens with one attached hydrogen (secondary N) is 2. The van der Waals surface area contributed by atoms with Crippen LogP contribution in [-0.2, 0) is 4.79 Å². The second-order valence-electron chi connectivity index (χ2n) is 6.67. The Kier molecular flexibility index (Phi) is 4.91. The summed E-state index contributed by atoms with van der Waals surface area (Å²) < 4.78 is 1.95. The van der Waals surface area contributed by atoms with Crippen LogP contribution >= 0.6 is 0 Å². The molecule has 2 aromatic heterocycles. The Bertz CT molecular complexity index is 660. The molecule has 1 aliphatic heterocycles. The Labute approximate surface area is 136 Å². The van der Waals surface area contributed by atoms with Crippen molar-refractivity contribution in [1.82, 2.24) is 25.2 Å². The van der Waals surface area contributed by atoms with Crippen LogP contribution in [0, 0.1) is 11.8 Å². The van der Waals surface area contributed by atoms with Crippen molar-refractivity contribution in [2.24, 2.45) is 11.8 Å². The zero-order valence-electron chi connectivity index (χ0n) is 13.8. The van der Waals surface area contributed by atoms with Gasteiger partial charge in [-0.05, 0) is 49.9 Å². The quantitative estimate of drug-likeness (QED) is 0.854. The van der Waals surface area contributed by atoms with Crippen LogP contribution in [0.5, 0.6) is 0 Å².